The molecule has 2 aromatic rings. The van der Waals surface area contributed by atoms with Crippen molar-refractivity contribution in [3.63, 3.8) is 0 Å². The van der Waals surface area contributed by atoms with Crippen LogP contribution in [0, 0.1) is 10.1 Å². The SMILES string of the molecule is COc1ccc(/C=C2N=C(/C=C\c3cccc([N+](=O)[O-])c3)OC/2=O)cc1. The molecule has 0 saturated heterocycles. The summed E-state index contributed by atoms with van der Waals surface area (Å²) in [6.45, 7) is 0. The Morgan fingerprint density at radius 2 is 1.88 bits per heavy atom. The second-order valence-electron chi connectivity index (χ2n) is 5.33. The maximum atomic E-state index is 11.9. The number of cyclic esters (lactones) is 1. The molecule has 0 N–H and O–H groups in total. The Morgan fingerprint density at radius 1 is 1.12 bits per heavy atom. The highest BCUT2D eigenvalue weighted by Crippen LogP contribution is 2.19. The summed E-state index contributed by atoms with van der Waals surface area (Å²) in [7, 11) is 1.58. The Morgan fingerprint density at radius 3 is 2.58 bits per heavy atom. The van der Waals surface area contributed by atoms with Crippen LogP contribution >= 0.6 is 0 Å². The molecule has 0 saturated carbocycles. The van der Waals surface area contributed by atoms with E-state index in [2.05, 4.69) is 4.99 Å². The highest BCUT2D eigenvalue weighted by Gasteiger charge is 2.21. The van der Waals surface area contributed by atoms with Crippen molar-refractivity contribution in [3.05, 3.63) is 81.5 Å². The summed E-state index contributed by atoms with van der Waals surface area (Å²) in [4.78, 5) is 26.4. The van der Waals surface area contributed by atoms with Crippen LogP contribution in [-0.4, -0.2) is 23.9 Å². The van der Waals surface area contributed by atoms with E-state index < -0.39 is 10.9 Å². The van der Waals surface area contributed by atoms with Gasteiger partial charge in [-0.3, -0.25) is 10.1 Å². The van der Waals surface area contributed by atoms with Crippen molar-refractivity contribution in [2.45, 2.75) is 0 Å². The van der Waals surface area contributed by atoms with E-state index in [-0.39, 0.29) is 17.3 Å². The van der Waals surface area contributed by atoms with Crippen LogP contribution in [0.25, 0.3) is 12.2 Å². The van der Waals surface area contributed by atoms with Gasteiger partial charge in [0.1, 0.15) is 5.75 Å². The van der Waals surface area contributed by atoms with Gasteiger partial charge in [0.2, 0.25) is 5.90 Å². The first-order valence-corrected chi connectivity index (χ1v) is 7.64. The van der Waals surface area contributed by atoms with E-state index in [4.69, 9.17) is 9.47 Å². The molecule has 7 nitrogen and oxygen atoms in total. The van der Waals surface area contributed by atoms with E-state index in [1.807, 2.05) is 0 Å². The average Bonchev–Trinajstić information content (AvgIpc) is 3.00. The molecule has 0 aliphatic carbocycles. The number of nitro groups is 1. The molecular weight excluding hydrogens is 336 g/mol. The van der Waals surface area contributed by atoms with Gasteiger partial charge in [0.25, 0.3) is 5.69 Å². The summed E-state index contributed by atoms with van der Waals surface area (Å²) in [5, 5.41) is 10.8. The number of methoxy groups -OCH3 is 1. The standard InChI is InChI=1S/C19H14N2O5/c1-25-16-8-5-14(6-9-16)12-17-19(22)26-18(20-17)10-7-13-3-2-4-15(11-13)21(23)24/h2-12H,1H3/b10-7-,17-12+. The van der Waals surface area contributed by atoms with E-state index in [0.717, 1.165) is 5.56 Å². The van der Waals surface area contributed by atoms with Gasteiger partial charge in [0, 0.05) is 18.2 Å². The number of benzene rings is 2. The number of hydrogen-bond donors (Lipinski definition) is 0. The van der Waals surface area contributed by atoms with Crippen molar-refractivity contribution >= 4 is 29.7 Å². The second-order valence-corrected chi connectivity index (χ2v) is 5.33. The molecule has 0 fully saturated rings. The minimum absolute atomic E-state index is 0.0161. The Bertz CT molecular complexity index is 943. The predicted octanol–water partition coefficient (Wildman–Crippen LogP) is 3.61. The highest BCUT2D eigenvalue weighted by atomic mass is 16.6. The van der Waals surface area contributed by atoms with Crippen molar-refractivity contribution in [3.8, 4) is 5.75 Å². The Labute approximate surface area is 149 Å². The van der Waals surface area contributed by atoms with E-state index in [0.29, 0.717) is 11.3 Å². The molecule has 0 unspecified atom stereocenters. The smallest absolute Gasteiger partial charge is 0.363 e. The highest BCUT2D eigenvalue weighted by molar-refractivity contribution is 6.11. The summed E-state index contributed by atoms with van der Waals surface area (Å²) in [5.74, 6) is 0.283. The third kappa shape index (κ3) is 4.02. The third-order valence-corrected chi connectivity index (χ3v) is 3.56. The summed E-state index contributed by atoms with van der Waals surface area (Å²) >= 11 is 0. The molecule has 1 aliphatic heterocycles. The van der Waals surface area contributed by atoms with Crippen molar-refractivity contribution in [2.75, 3.05) is 7.11 Å². The molecule has 7 heteroatoms. The van der Waals surface area contributed by atoms with Gasteiger partial charge in [0.05, 0.1) is 12.0 Å². The molecule has 26 heavy (non-hydrogen) atoms. The van der Waals surface area contributed by atoms with Crippen LogP contribution in [-0.2, 0) is 9.53 Å². The maximum Gasteiger partial charge on any atom is 0.363 e. The summed E-state index contributed by atoms with van der Waals surface area (Å²) < 4.78 is 10.2. The number of carbonyl (C=O) groups is 1. The minimum Gasteiger partial charge on any atom is -0.497 e. The largest absolute Gasteiger partial charge is 0.497 e. The summed E-state index contributed by atoms with van der Waals surface area (Å²) in [6.07, 6.45) is 4.69. The fourth-order valence-electron chi connectivity index (χ4n) is 2.26. The van der Waals surface area contributed by atoms with Gasteiger partial charge in [-0.15, -0.1) is 0 Å². The van der Waals surface area contributed by atoms with Gasteiger partial charge in [-0.1, -0.05) is 24.3 Å². The van der Waals surface area contributed by atoms with E-state index >= 15 is 0 Å². The topological polar surface area (TPSA) is 91.0 Å². The molecule has 0 bridgehead atoms. The van der Waals surface area contributed by atoms with Crippen LogP contribution < -0.4 is 4.74 Å². The molecule has 130 valence electrons. The number of carbonyl (C=O) groups excluding carboxylic acids is 1. The van der Waals surface area contributed by atoms with Gasteiger partial charge >= 0.3 is 5.97 Å². The fourth-order valence-corrected chi connectivity index (χ4v) is 2.26. The number of ether oxygens (including phenoxy) is 2. The van der Waals surface area contributed by atoms with Gasteiger partial charge in [0.15, 0.2) is 5.70 Å². The third-order valence-electron chi connectivity index (χ3n) is 3.56. The molecule has 0 atom stereocenters. The maximum absolute atomic E-state index is 11.9. The quantitative estimate of drug-likeness (QED) is 0.355. The van der Waals surface area contributed by atoms with Gasteiger partial charge in [-0.25, -0.2) is 9.79 Å². The second kappa shape index (κ2) is 7.43. The number of rotatable bonds is 5. The van der Waals surface area contributed by atoms with Gasteiger partial charge in [-0.2, -0.15) is 0 Å². The predicted molar refractivity (Wildman–Crippen MR) is 96.6 cm³/mol. The van der Waals surface area contributed by atoms with Crippen molar-refractivity contribution in [2.24, 2.45) is 4.99 Å². The summed E-state index contributed by atoms with van der Waals surface area (Å²) in [5.41, 5.74) is 1.54. The number of hydrogen-bond acceptors (Lipinski definition) is 6. The number of non-ortho nitro benzene ring substituents is 1. The lowest BCUT2D eigenvalue weighted by Crippen LogP contribution is -2.01. The number of aliphatic imine (C=N–C) groups is 1. The van der Waals surface area contributed by atoms with Crippen molar-refractivity contribution in [1.29, 1.82) is 0 Å². The first-order valence-electron chi connectivity index (χ1n) is 7.64. The van der Waals surface area contributed by atoms with Crippen LogP contribution in [0.5, 0.6) is 5.75 Å². The Kier molecular flexibility index (Phi) is 4.89. The average molecular weight is 350 g/mol. The number of nitrogens with zero attached hydrogens (tertiary/aromatic N) is 2. The molecule has 0 spiro atoms. The molecule has 0 aromatic heterocycles. The molecule has 0 amide bonds. The number of esters is 1. The van der Waals surface area contributed by atoms with Crippen LogP contribution in [0.4, 0.5) is 5.69 Å². The first-order chi connectivity index (χ1) is 12.5. The van der Waals surface area contributed by atoms with Gasteiger partial charge in [-0.05, 0) is 35.4 Å². The van der Waals surface area contributed by atoms with Crippen LogP contribution in [0.2, 0.25) is 0 Å². The number of nitro benzene ring substituents is 1. The zero-order valence-electron chi connectivity index (χ0n) is 13.8. The van der Waals surface area contributed by atoms with Gasteiger partial charge < -0.3 is 9.47 Å². The van der Waals surface area contributed by atoms with E-state index in [9.17, 15) is 14.9 Å². The normalized spacial score (nSPS) is 15.2. The molecule has 0 radical (unpaired) electrons. The molecular formula is C19H14N2O5. The molecule has 2 aromatic carbocycles. The monoisotopic (exact) mass is 350 g/mol. The Balaban J connectivity index is 1.78. The van der Waals surface area contributed by atoms with Crippen molar-refractivity contribution in [1.82, 2.24) is 0 Å². The Hall–Kier alpha value is -3.74. The van der Waals surface area contributed by atoms with Crippen LogP contribution in [0.15, 0.2) is 65.3 Å². The molecule has 1 heterocycles. The molecule has 1 aliphatic rings. The van der Waals surface area contributed by atoms with Crippen LogP contribution in [0.3, 0.4) is 0 Å². The van der Waals surface area contributed by atoms with E-state index in [1.165, 1.54) is 18.2 Å². The lowest BCUT2D eigenvalue weighted by atomic mass is 10.2. The first kappa shape index (κ1) is 17.1. The molecule has 3 rings (SSSR count). The van der Waals surface area contributed by atoms with E-state index in [1.54, 1.807) is 55.7 Å². The lowest BCUT2D eigenvalue weighted by Gasteiger charge is -1.99. The zero-order valence-corrected chi connectivity index (χ0v) is 13.8. The minimum atomic E-state index is -0.556. The fraction of sp³-hybridized carbons (Fsp3) is 0.0526. The summed E-state index contributed by atoms with van der Waals surface area (Å²) in [6, 6.07) is 13.3. The lowest BCUT2D eigenvalue weighted by molar-refractivity contribution is -0.384. The van der Waals surface area contributed by atoms with Crippen molar-refractivity contribution < 1.29 is 19.2 Å². The van der Waals surface area contributed by atoms with Crippen LogP contribution in [0.1, 0.15) is 11.1 Å². The zero-order chi connectivity index (χ0) is 18.5.